The molecule has 0 unspecified atom stereocenters. The topological polar surface area (TPSA) is 60.5 Å². The highest BCUT2D eigenvalue weighted by Crippen LogP contribution is 2.30. The fourth-order valence-corrected chi connectivity index (χ4v) is 3.59. The van der Waals surface area contributed by atoms with Crippen LogP contribution < -0.4 is 14.8 Å². The lowest BCUT2D eigenvalue weighted by Crippen LogP contribution is -2.12. The summed E-state index contributed by atoms with van der Waals surface area (Å²) in [6.45, 7) is 2.38. The number of carbonyl (C=O) groups excluding carboxylic acids is 1. The van der Waals surface area contributed by atoms with Gasteiger partial charge in [0.05, 0.1) is 24.3 Å². The Balaban J connectivity index is 1.76. The van der Waals surface area contributed by atoms with Crippen LogP contribution in [0.1, 0.15) is 17.3 Å². The molecule has 1 N–H and O–H groups in total. The van der Waals surface area contributed by atoms with Crippen molar-refractivity contribution in [2.75, 3.05) is 19.0 Å². The number of nitrogens with zero attached hydrogens (tertiary/aromatic N) is 1. The first-order valence-electron chi connectivity index (χ1n) is 7.33. The summed E-state index contributed by atoms with van der Waals surface area (Å²) >= 11 is 3.02. The maximum absolute atomic E-state index is 12.4. The summed E-state index contributed by atoms with van der Waals surface area (Å²) < 4.78 is 10.7. The van der Waals surface area contributed by atoms with Gasteiger partial charge in [0, 0.05) is 10.9 Å². The number of methoxy groups -OCH3 is 1. The van der Waals surface area contributed by atoms with Crippen LogP contribution in [-0.2, 0) is 0 Å². The maximum Gasteiger partial charge on any atom is 0.257 e. The van der Waals surface area contributed by atoms with E-state index in [2.05, 4.69) is 10.3 Å². The third-order valence-corrected chi connectivity index (χ3v) is 4.87. The number of hydrogen-bond donors (Lipinski definition) is 1. The number of thiazole rings is 1. The summed E-state index contributed by atoms with van der Waals surface area (Å²) in [7, 11) is 1.57. The van der Waals surface area contributed by atoms with Gasteiger partial charge in [-0.1, -0.05) is 6.07 Å². The summed E-state index contributed by atoms with van der Waals surface area (Å²) in [6, 6.07) is 9.07. The van der Waals surface area contributed by atoms with Crippen LogP contribution in [0.5, 0.6) is 11.5 Å². The van der Waals surface area contributed by atoms with Crippen molar-refractivity contribution < 1.29 is 14.3 Å². The van der Waals surface area contributed by atoms with Crippen molar-refractivity contribution in [3.05, 3.63) is 46.7 Å². The molecule has 0 radical (unpaired) electrons. The van der Waals surface area contributed by atoms with Crippen LogP contribution in [0.15, 0.2) is 41.1 Å². The molecule has 0 bridgehead atoms. The van der Waals surface area contributed by atoms with E-state index in [4.69, 9.17) is 9.47 Å². The lowest BCUT2D eigenvalue weighted by Gasteiger charge is -2.10. The highest BCUT2D eigenvalue weighted by atomic mass is 32.1. The molecular formula is C17H16N2O3S2. The second-order valence-electron chi connectivity index (χ2n) is 4.77. The van der Waals surface area contributed by atoms with E-state index in [9.17, 15) is 4.79 Å². The second kappa shape index (κ2) is 7.46. The van der Waals surface area contributed by atoms with Crippen LogP contribution in [0.2, 0.25) is 0 Å². The van der Waals surface area contributed by atoms with Gasteiger partial charge in [-0.2, -0.15) is 0 Å². The van der Waals surface area contributed by atoms with Gasteiger partial charge < -0.3 is 9.47 Å². The first-order valence-corrected chi connectivity index (χ1v) is 9.08. The third-order valence-electron chi connectivity index (χ3n) is 3.22. The SMILES string of the molecule is CCOc1cc(C(=O)Nc2nc(-c3cccs3)cs2)ccc1OC. The Labute approximate surface area is 147 Å². The zero-order valence-electron chi connectivity index (χ0n) is 13.2. The highest BCUT2D eigenvalue weighted by Gasteiger charge is 2.13. The molecule has 0 fully saturated rings. The Kier molecular flexibility index (Phi) is 5.12. The molecule has 2 aromatic heterocycles. The molecular weight excluding hydrogens is 344 g/mol. The molecule has 0 aliphatic heterocycles. The minimum atomic E-state index is -0.231. The van der Waals surface area contributed by atoms with Crippen molar-refractivity contribution in [3.8, 4) is 22.1 Å². The van der Waals surface area contributed by atoms with Gasteiger partial charge in [-0.25, -0.2) is 4.98 Å². The van der Waals surface area contributed by atoms with Gasteiger partial charge >= 0.3 is 0 Å². The Bertz CT molecular complexity index is 828. The van der Waals surface area contributed by atoms with Crippen molar-refractivity contribution in [1.82, 2.24) is 4.98 Å². The van der Waals surface area contributed by atoms with Gasteiger partial charge in [-0.15, -0.1) is 22.7 Å². The number of anilines is 1. The van der Waals surface area contributed by atoms with E-state index in [0.29, 0.717) is 28.8 Å². The Morgan fingerprint density at radius 3 is 2.83 bits per heavy atom. The average Bonchev–Trinajstić information content (AvgIpc) is 3.26. The zero-order chi connectivity index (χ0) is 16.9. The van der Waals surface area contributed by atoms with Crippen molar-refractivity contribution in [1.29, 1.82) is 0 Å². The molecule has 0 aliphatic rings. The third kappa shape index (κ3) is 3.58. The van der Waals surface area contributed by atoms with Crippen LogP contribution in [0, 0.1) is 0 Å². The molecule has 0 saturated carbocycles. The predicted molar refractivity (Wildman–Crippen MR) is 97.5 cm³/mol. The number of amides is 1. The monoisotopic (exact) mass is 360 g/mol. The number of carbonyl (C=O) groups is 1. The molecule has 2 heterocycles. The van der Waals surface area contributed by atoms with E-state index in [-0.39, 0.29) is 5.91 Å². The molecule has 5 nitrogen and oxygen atoms in total. The largest absolute Gasteiger partial charge is 0.493 e. The van der Waals surface area contributed by atoms with Gasteiger partial charge in [0.1, 0.15) is 0 Å². The van der Waals surface area contributed by atoms with E-state index in [1.54, 1.807) is 36.6 Å². The van der Waals surface area contributed by atoms with Gasteiger partial charge in [0.15, 0.2) is 16.6 Å². The first-order chi connectivity index (χ1) is 11.7. The maximum atomic E-state index is 12.4. The Hall–Kier alpha value is -2.38. The summed E-state index contributed by atoms with van der Waals surface area (Å²) in [4.78, 5) is 18.0. The van der Waals surface area contributed by atoms with Crippen LogP contribution in [0.4, 0.5) is 5.13 Å². The molecule has 124 valence electrons. The predicted octanol–water partition coefficient (Wildman–Crippen LogP) is 4.53. The average molecular weight is 360 g/mol. The molecule has 0 atom stereocenters. The highest BCUT2D eigenvalue weighted by molar-refractivity contribution is 7.16. The number of aromatic nitrogens is 1. The molecule has 0 aliphatic carbocycles. The van der Waals surface area contributed by atoms with Crippen LogP contribution in [0.25, 0.3) is 10.6 Å². The Morgan fingerprint density at radius 1 is 1.25 bits per heavy atom. The van der Waals surface area contributed by atoms with Crippen molar-refractivity contribution >= 4 is 33.7 Å². The number of rotatable bonds is 6. The van der Waals surface area contributed by atoms with Gasteiger partial charge in [-0.05, 0) is 36.6 Å². The smallest absolute Gasteiger partial charge is 0.257 e. The summed E-state index contributed by atoms with van der Waals surface area (Å²) in [5.74, 6) is 0.916. The van der Waals surface area contributed by atoms with Crippen LogP contribution in [-0.4, -0.2) is 24.6 Å². The quantitative estimate of drug-likeness (QED) is 0.701. The van der Waals surface area contributed by atoms with E-state index in [1.165, 1.54) is 11.3 Å². The van der Waals surface area contributed by atoms with Crippen molar-refractivity contribution in [2.45, 2.75) is 6.92 Å². The fraction of sp³-hybridized carbons (Fsp3) is 0.176. The van der Waals surface area contributed by atoms with Gasteiger partial charge in [0.25, 0.3) is 5.91 Å². The molecule has 1 aromatic carbocycles. The standard InChI is InChI=1S/C17H16N2O3S2/c1-3-22-14-9-11(6-7-13(14)21-2)16(20)19-17-18-12(10-24-17)15-5-4-8-23-15/h4-10H,3H2,1-2H3,(H,18,19,20). The number of nitrogens with one attached hydrogen (secondary N) is 1. The minimum absolute atomic E-state index is 0.231. The number of hydrogen-bond acceptors (Lipinski definition) is 6. The normalized spacial score (nSPS) is 10.4. The van der Waals surface area contributed by atoms with Gasteiger partial charge in [0.2, 0.25) is 0 Å². The molecule has 24 heavy (non-hydrogen) atoms. The van der Waals surface area contributed by atoms with Crippen molar-refractivity contribution in [2.24, 2.45) is 0 Å². The minimum Gasteiger partial charge on any atom is -0.493 e. The fourth-order valence-electron chi connectivity index (χ4n) is 2.12. The zero-order valence-corrected chi connectivity index (χ0v) is 14.9. The molecule has 3 aromatic rings. The van der Waals surface area contributed by atoms with Gasteiger partial charge in [-0.3, -0.25) is 10.1 Å². The summed E-state index contributed by atoms with van der Waals surface area (Å²) in [5, 5.41) is 7.32. The summed E-state index contributed by atoms with van der Waals surface area (Å²) in [5.41, 5.74) is 1.36. The van der Waals surface area contributed by atoms with Crippen molar-refractivity contribution in [3.63, 3.8) is 0 Å². The molecule has 0 saturated heterocycles. The molecule has 3 rings (SSSR count). The second-order valence-corrected chi connectivity index (χ2v) is 6.57. The molecule has 0 spiro atoms. The van der Waals surface area contributed by atoms with E-state index in [0.717, 1.165) is 10.6 Å². The molecule has 7 heteroatoms. The van der Waals surface area contributed by atoms with E-state index < -0.39 is 0 Å². The Morgan fingerprint density at radius 2 is 2.12 bits per heavy atom. The number of benzene rings is 1. The lowest BCUT2D eigenvalue weighted by atomic mass is 10.2. The first kappa shape index (κ1) is 16.5. The van der Waals surface area contributed by atoms with E-state index in [1.807, 2.05) is 29.8 Å². The molecule has 1 amide bonds. The lowest BCUT2D eigenvalue weighted by molar-refractivity contribution is 0.102. The number of ether oxygens (including phenoxy) is 2. The number of thiophene rings is 1. The van der Waals surface area contributed by atoms with Crippen LogP contribution >= 0.6 is 22.7 Å². The summed E-state index contributed by atoms with van der Waals surface area (Å²) in [6.07, 6.45) is 0. The van der Waals surface area contributed by atoms with E-state index >= 15 is 0 Å². The van der Waals surface area contributed by atoms with Crippen LogP contribution in [0.3, 0.4) is 0 Å².